The molecule has 1 aliphatic rings. The number of anilines is 1. The lowest BCUT2D eigenvalue weighted by atomic mass is 10.1. The van der Waals surface area contributed by atoms with E-state index in [0.29, 0.717) is 11.7 Å². The molecular formula is C15H13FN2O. The maximum atomic E-state index is 13.5. The van der Waals surface area contributed by atoms with Gasteiger partial charge in [-0.1, -0.05) is 12.1 Å². The second-order valence-corrected chi connectivity index (χ2v) is 4.68. The van der Waals surface area contributed by atoms with Crippen LogP contribution in [0.15, 0.2) is 42.6 Å². The highest BCUT2D eigenvalue weighted by Crippen LogP contribution is 2.40. The Kier molecular flexibility index (Phi) is 2.99. The zero-order valence-electron chi connectivity index (χ0n) is 10.3. The van der Waals surface area contributed by atoms with E-state index in [1.165, 1.54) is 30.5 Å². The molecule has 0 bridgehead atoms. The van der Waals surface area contributed by atoms with Crippen molar-refractivity contribution in [3.63, 3.8) is 0 Å². The zero-order chi connectivity index (χ0) is 13.2. The summed E-state index contributed by atoms with van der Waals surface area (Å²) in [5, 5.41) is 2.63. The van der Waals surface area contributed by atoms with Crippen molar-refractivity contribution in [2.24, 2.45) is 0 Å². The van der Waals surface area contributed by atoms with Crippen LogP contribution < -0.4 is 5.32 Å². The summed E-state index contributed by atoms with van der Waals surface area (Å²) in [6.45, 7) is 0. The van der Waals surface area contributed by atoms with Crippen molar-refractivity contribution in [1.82, 2.24) is 4.98 Å². The van der Waals surface area contributed by atoms with Crippen LogP contribution in [-0.4, -0.2) is 10.9 Å². The summed E-state index contributed by atoms with van der Waals surface area (Å²) in [5.41, 5.74) is 1.21. The molecule has 0 atom stereocenters. The lowest BCUT2D eigenvalue weighted by Gasteiger charge is -2.06. The summed E-state index contributed by atoms with van der Waals surface area (Å²) in [4.78, 5) is 16.0. The van der Waals surface area contributed by atoms with Crippen LogP contribution in [-0.2, 0) is 0 Å². The largest absolute Gasteiger partial charge is 0.306 e. The van der Waals surface area contributed by atoms with E-state index in [0.717, 1.165) is 0 Å². The van der Waals surface area contributed by atoms with E-state index in [1.54, 1.807) is 18.3 Å². The molecule has 1 saturated carbocycles. The number of nitrogens with one attached hydrogen (secondary N) is 1. The average Bonchev–Trinajstić information content (AvgIpc) is 3.24. The van der Waals surface area contributed by atoms with Crippen LogP contribution in [0.3, 0.4) is 0 Å². The van der Waals surface area contributed by atoms with Gasteiger partial charge in [0.1, 0.15) is 11.6 Å². The van der Waals surface area contributed by atoms with Crippen molar-refractivity contribution < 1.29 is 9.18 Å². The van der Waals surface area contributed by atoms with Crippen LogP contribution in [0.1, 0.15) is 34.7 Å². The van der Waals surface area contributed by atoms with Gasteiger partial charge in [-0.25, -0.2) is 9.37 Å². The summed E-state index contributed by atoms with van der Waals surface area (Å²) in [6.07, 6.45) is 4.04. The Labute approximate surface area is 110 Å². The SMILES string of the molecule is O=C(Nc1cc(C2CC2)ccn1)c1ccccc1F. The van der Waals surface area contributed by atoms with Crippen molar-refractivity contribution >= 4 is 11.7 Å². The fraction of sp³-hybridized carbons (Fsp3) is 0.200. The van der Waals surface area contributed by atoms with E-state index in [9.17, 15) is 9.18 Å². The predicted molar refractivity (Wildman–Crippen MR) is 70.6 cm³/mol. The number of halogens is 1. The van der Waals surface area contributed by atoms with Gasteiger partial charge in [-0.05, 0) is 48.6 Å². The van der Waals surface area contributed by atoms with Gasteiger partial charge in [0, 0.05) is 6.20 Å². The minimum atomic E-state index is -0.529. The van der Waals surface area contributed by atoms with Crippen molar-refractivity contribution in [2.75, 3.05) is 5.32 Å². The molecule has 0 spiro atoms. The van der Waals surface area contributed by atoms with Crippen LogP contribution in [0.25, 0.3) is 0 Å². The number of hydrogen-bond acceptors (Lipinski definition) is 2. The Bertz CT molecular complexity index is 623. The molecular weight excluding hydrogens is 243 g/mol. The first kappa shape index (κ1) is 11.8. The third-order valence-corrected chi connectivity index (χ3v) is 3.19. The molecule has 3 nitrogen and oxygen atoms in total. The van der Waals surface area contributed by atoms with Crippen LogP contribution in [0, 0.1) is 5.82 Å². The van der Waals surface area contributed by atoms with Crippen LogP contribution >= 0.6 is 0 Å². The molecule has 0 radical (unpaired) electrons. The van der Waals surface area contributed by atoms with E-state index in [1.807, 2.05) is 12.1 Å². The maximum Gasteiger partial charge on any atom is 0.259 e. The third kappa shape index (κ3) is 2.62. The minimum absolute atomic E-state index is 0.0288. The number of pyridine rings is 1. The lowest BCUT2D eigenvalue weighted by molar-refractivity contribution is 0.102. The molecule has 1 amide bonds. The molecule has 4 heteroatoms. The molecule has 1 aliphatic carbocycles. The van der Waals surface area contributed by atoms with Gasteiger partial charge < -0.3 is 5.32 Å². The Hall–Kier alpha value is -2.23. The van der Waals surface area contributed by atoms with E-state index in [4.69, 9.17) is 0 Å². The van der Waals surface area contributed by atoms with Gasteiger partial charge >= 0.3 is 0 Å². The molecule has 1 aromatic heterocycles. The van der Waals surface area contributed by atoms with Crippen LogP contribution in [0.2, 0.25) is 0 Å². The molecule has 3 rings (SSSR count). The van der Waals surface area contributed by atoms with Crippen LogP contribution in [0.4, 0.5) is 10.2 Å². The monoisotopic (exact) mass is 256 g/mol. The van der Waals surface area contributed by atoms with Gasteiger partial charge in [-0.2, -0.15) is 0 Å². The first-order valence-electron chi connectivity index (χ1n) is 6.26. The van der Waals surface area contributed by atoms with E-state index in [-0.39, 0.29) is 5.56 Å². The Balaban J connectivity index is 1.79. The fourth-order valence-corrected chi connectivity index (χ4v) is 2.01. The highest BCUT2D eigenvalue weighted by atomic mass is 19.1. The Morgan fingerprint density at radius 2 is 2.05 bits per heavy atom. The number of rotatable bonds is 3. The fourth-order valence-electron chi connectivity index (χ4n) is 2.01. The number of benzene rings is 1. The van der Waals surface area contributed by atoms with Crippen molar-refractivity contribution in [2.45, 2.75) is 18.8 Å². The number of aromatic nitrogens is 1. The summed E-state index contributed by atoms with van der Waals surface area (Å²) < 4.78 is 13.5. The highest BCUT2D eigenvalue weighted by molar-refractivity contribution is 6.03. The topological polar surface area (TPSA) is 42.0 Å². The molecule has 0 aliphatic heterocycles. The third-order valence-electron chi connectivity index (χ3n) is 3.19. The zero-order valence-corrected chi connectivity index (χ0v) is 10.3. The van der Waals surface area contributed by atoms with Crippen LogP contribution in [0.5, 0.6) is 0 Å². The number of amides is 1. The lowest BCUT2D eigenvalue weighted by Crippen LogP contribution is -2.14. The van der Waals surface area contributed by atoms with Crippen molar-refractivity contribution in [1.29, 1.82) is 0 Å². The van der Waals surface area contributed by atoms with Crippen molar-refractivity contribution in [3.05, 3.63) is 59.5 Å². The second kappa shape index (κ2) is 4.80. The molecule has 1 heterocycles. The van der Waals surface area contributed by atoms with Gasteiger partial charge in [0.2, 0.25) is 0 Å². The quantitative estimate of drug-likeness (QED) is 0.915. The predicted octanol–water partition coefficient (Wildman–Crippen LogP) is 3.35. The average molecular weight is 256 g/mol. The van der Waals surface area contributed by atoms with E-state index in [2.05, 4.69) is 10.3 Å². The van der Waals surface area contributed by atoms with Gasteiger partial charge in [-0.3, -0.25) is 4.79 Å². The van der Waals surface area contributed by atoms with E-state index < -0.39 is 11.7 Å². The number of carbonyl (C=O) groups excluding carboxylic acids is 1. The summed E-state index contributed by atoms with van der Waals surface area (Å²) in [7, 11) is 0. The summed E-state index contributed by atoms with van der Waals surface area (Å²) >= 11 is 0. The first-order valence-corrected chi connectivity index (χ1v) is 6.26. The van der Waals surface area contributed by atoms with Gasteiger partial charge in [0.05, 0.1) is 5.56 Å². The van der Waals surface area contributed by atoms with Gasteiger partial charge in [-0.15, -0.1) is 0 Å². The molecule has 0 unspecified atom stereocenters. The summed E-state index contributed by atoms with van der Waals surface area (Å²) in [5.74, 6) is 0.0571. The normalized spacial score (nSPS) is 14.2. The van der Waals surface area contributed by atoms with Crippen molar-refractivity contribution in [3.8, 4) is 0 Å². The number of carbonyl (C=O) groups is 1. The number of nitrogens with zero attached hydrogens (tertiary/aromatic N) is 1. The molecule has 1 N–H and O–H groups in total. The maximum absolute atomic E-state index is 13.5. The standard InChI is InChI=1S/C15H13FN2O/c16-13-4-2-1-3-12(13)15(19)18-14-9-11(7-8-17-14)10-5-6-10/h1-4,7-10H,5-6H2,(H,17,18,19). The van der Waals surface area contributed by atoms with Gasteiger partial charge in [0.15, 0.2) is 0 Å². The van der Waals surface area contributed by atoms with Gasteiger partial charge in [0.25, 0.3) is 5.91 Å². The minimum Gasteiger partial charge on any atom is -0.306 e. The van der Waals surface area contributed by atoms with E-state index >= 15 is 0 Å². The second-order valence-electron chi connectivity index (χ2n) is 4.68. The first-order chi connectivity index (χ1) is 9.24. The smallest absolute Gasteiger partial charge is 0.259 e. The highest BCUT2D eigenvalue weighted by Gasteiger charge is 2.23. The molecule has 96 valence electrons. The molecule has 2 aromatic rings. The molecule has 19 heavy (non-hydrogen) atoms. The molecule has 1 aromatic carbocycles. The molecule has 0 saturated heterocycles. The molecule has 1 fully saturated rings. The Morgan fingerprint density at radius 3 is 2.79 bits per heavy atom. The Morgan fingerprint density at radius 1 is 1.26 bits per heavy atom. The summed E-state index contributed by atoms with van der Waals surface area (Å²) in [6, 6.07) is 9.72. The number of hydrogen-bond donors (Lipinski definition) is 1.